The molecule has 5 rings (SSSR count). The molecule has 0 bridgehead atoms. The zero-order valence-corrected chi connectivity index (χ0v) is 16.0. The molecule has 146 valence electrons. The first-order valence-electron chi connectivity index (χ1n) is 9.57. The van der Waals surface area contributed by atoms with Gasteiger partial charge in [-0.25, -0.2) is 9.67 Å². The number of rotatable bonds is 4. The number of hydrogen-bond donors (Lipinski definition) is 0. The summed E-state index contributed by atoms with van der Waals surface area (Å²) in [7, 11) is 0. The second-order valence-corrected chi connectivity index (χ2v) is 7.10. The summed E-state index contributed by atoms with van der Waals surface area (Å²) in [5.74, 6) is 0.941. The first-order valence-corrected chi connectivity index (χ1v) is 9.57. The molecule has 7 heteroatoms. The fourth-order valence-corrected chi connectivity index (χ4v) is 3.63. The quantitative estimate of drug-likeness (QED) is 0.497. The summed E-state index contributed by atoms with van der Waals surface area (Å²) in [6, 6.07) is 13.8. The van der Waals surface area contributed by atoms with Gasteiger partial charge in [-0.2, -0.15) is 5.10 Å². The first kappa shape index (κ1) is 17.6. The molecule has 0 unspecified atom stereocenters. The Morgan fingerprint density at radius 1 is 1.10 bits per heavy atom. The van der Waals surface area contributed by atoms with Crippen LogP contribution in [0.2, 0.25) is 0 Å². The molecule has 0 aliphatic carbocycles. The van der Waals surface area contributed by atoms with Gasteiger partial charge in [0.15, 0.2) is 23.4 Å². The van der Waals surface area contributed by atoms with Gasteiger partial charge < -0.3 is 14.1 Å². The van der Waals surface area contributed by atoms with Crippen molar-refractivity contribution in [2.45, 2.75) is 6.92 Å². The van der Waals surface area contributed by atoms with Gasteiger partial charge in [-0.1, -0.05) is 23.8 Å². The molecule has 0 amide bonds. The minimum atomic E-state index is 0.264. The van der Waals surface area contributed by atoms with Gasteiger partial charge in [0.2, 0.25) is 0 Å². The number of furan rings is 1. The SMILES string of the molecule is Cc1cccc(-c2ccn(-c3cc(N4CCOCC4)c4oc(C=O)cc4n3)n2)c1. The van der Waals surface area contributed by atoms with Gasteiger partial charge in [-0.15, -0.1) is 0 Å². The summed E-state index contributed by atoms with van der Waals surface area (Å²) in [5, 5.41) is 4.72. The first-order chi connectivity index (χ1) is 14.2. The van der Waals surface area contributed by atoms with Crippen molar-refractivity contribution >= 4 is 23.1 Å². The summed E-state index contributed by atoms with van der Waals surface area (Å²) in [6.45, 7) is 4.88. The normalized spacial score (nSPS) is 14.4. The Morgan fingerprint density at radius 3 is 2.76 bits per heavy atom. The smallest absolute Gasteiger partial charge is 0.185 e. The number of nitrogens with zero attached hydrogens (tertiary/aromatic N) is 4. The Labute approximate surface area is 167 Å². The highest BCUT2D eigenvalue weighted by Crippen LogP contribution is 2.31. The lowest BCUT2D eigenvalue weighted by Crippen LogP contribution is -2.36. The van der Waals surface area contributed by atoms with E-state index in [1.807, 2.05) is 30.5 Å². The molecule has 0 saturated carbocycles. The number of aromatic nitrogens is 3. The predicted molar refractivity (Wildman–Crippen MR) is 110 cm³/mol. The van der Waals surface area contributed by atoms with Crippen LogP contribution < -0.4 is 4.90 Å². The van der Waals surface area contributed by atoms with E-state index in [9.17, 15) is 4.79 Å². The van der Waals surface area contributed by atoms with E-state index in [1.165, 1.54) is 5.56 Å². The Morgan fingerprint density at radius 2 is 1.97 bits per heavy atom. The molecule has 29 heavy (non-hydrogen) atoms. The number of hydrogen-bond acceptors (Lipinski definition) is 6. The molecule has 3 aromatic heterocycles. The molecule has 0 atom stereocenters. The molecule has 0 spiro atoms. The Kier molecular flexibility index (Phi) is 4.37. The Balaban J connectivity index is 1.60. The van der Waals surface area contributed by atoms with E-state index < -0.39 is 0 Å². The summed E-state index contributed by atoms with van der Waals surface area (Å²) in [6.07, 6.45) is 2.60. The number of ether oxygens (including phenoxy) is 1. The van der Waals surface area contributed by atoms with Crippen molar-refractivity contribution in [2.24, 2.45) is 0 Å². The highest BCUT2D eigenvalue weighted by molar-refractivity contribution is 5.91. The standard InChI is InChI=1S/C22H20N4O3/c1-15-3-2-4-16(11-15)18-5-6-26(24-18)21-13-20(25-7-9-28-10-8-25)22-19(23-21)12-17(14-27)29-22/h2-6,11-14H,7-10H2,1H3. The summed E-state index contributed by atoms with van der Waals surface area (Å²) in [4.78, 5) is 18.1. The van der Waals surface area contributed by atoms with Crippen LogP contribution >= 0.6 is 0 Å². The van der Waals surface area contributed by atoms with Crippen LogP contribution in [0.25, 0.3) is 28.2 Å². The van der Waals surface area contributed by atoms with Crippen LogP contribution in [-0.4, -0.2) is 47.4 Å². The third-order valence-corrected chi connectivity index (χ3v) is 5.07. The lowest BCUT2D eigenvalue weighted by Gasteiger charge is -2.28. The van der Waals surface area contributed by atoms with Gasteiger partial charge in [0.1, 0.15) is 5.52 Å². The average molecular weight is 388 g/mol. The van der Waals surface area contributed by atoms with Crippen molar-refractivity contribution in [2.75, 3.05) is 31.2 Å². The average Bonchev–Trinajstić information content (AvgIpc) is 3.41. The van der Waals surface area contributed by atoms with Crippen molar-refractivity contribution in [3.8, 4) is 17.1 Å². The number of benzene rings is 1. The number of fused-ring (bicyclic) bond motifs is 1. The molecule has 4 heterocycles. The van der Waals surface area contributed by atoms with E-state index in [0.29, 0.717) is 36.4 Å². The van der Waals surface area contributed by atoms with Crippen molar-refractivity contribution in [3.05, 3.63) is 60.0 Å². The van der Waals surface area contributed by atoms with Crippen LogP contribution in [0.1, 0.15) is 16.1 Å². The molecule has 0 radical (unpaired) electrons. The topological polar surface area (TPSA) is 73.4 Å². The van der Waals surface area contributed by atoms with Crippen LogP contribution in [0, 0.1) is 6.92 Å². The number of aryl methyl sites for hydroxylation is 1. The largest absolute Gasteiger partial charge is 0.449 e. The summed E-state index contributed by atoms with van der Waals surface area (Å²) in [5.41, 5.74) is 5.27. The summed E-state index contributed by atoms with van der Waals surface area (Å²) >= 11 is 0. The highest BCUT2D eigenvalue weighted by Gasteiger charge is 2.20. The Hall–Kier alpha value is -3.45. The molecule has 1 saturated heterocycles. The molecule has 0 N–H and O–H groups in total. The maximum atomic E-state index is 11.2. The minimum absolute atomic E-state index is 0.264. The van der Waals surface area contributed by atoms with Gasteiger partial charge in [-0.3, -0.25) is 4.79 Å². The number of anilines is 1. The van der Waals surface area contributed by atoms with E-state index in [4.69, 9.17) is 14.3 Å². The molecule has 1 aliphatic rings. The van der Waals surface area contributed by atoms with Crippen LogP contribution in [0.5, 0.6) is 0 Å². The maximum Gasteiger partial charge on any atom is 0.185 e. The van der Waals surface area contributed by atoms with Crippen LogP contribution in [-0.2, 0) is 4.74 Å². The number of pyridine rings is 1. The zero-order chi connectivity index (χ0) is 19.8. The molecule has 1 aromatic carbocycles. The van der Waals surface area contributed by atoms with Gasteiger partial charge in [-0.05, 0) is 19.1 Å². The molecule has 1 aliphatic heterocycles. The van der Waals surface area contributed by atoms with Crippen molar-refractivity contribution in [3.63, 3.8) is 0 Å². The Bertz CT molecular complexity index is 1190. The number of carbonyl (C=O) groups excluding carboxylic acids is 1. The fourth-order valence-electron chi connectivity index (χ4n) is 3.63. The lowest BCUT2D eigenvalue weighted by atomic mass is 10.1. The van der Waals surface area contributed by atoms with Crippen molar-refractivity contribution in [1.29, 1.82) is 0 Å². The lowest BCUT2D eigenvalue weighted by molar-refractivity contribution is 0.110. The predicted octanol–water partition coefficient (Wildman–Crippen LogP) is 3.64. The monoisotopic (exact) mass is 388 g/mol. The van der Waals surface area contributed by atoms with Crippen LogP contribution in [0.4, 0.5) is 5.69 Å². The van der Waals surface area contributed by atoms with Gasteiger partial charge in [0, 0.05) is 37.0 Å². The fraction of sp³-hybridized carbons (Fsp3) is 0.227. The van der Waals surface area contributed by atoms with Crippen LogP contribution in [0.15, 0.2) is 53.1 Å². The molecule has 1 fully saturated rings. The van der Waals surface area contributed by atoms with E-state index in [2.05, 4.69) is 28.9 Å². The van der Waals surface area contributed by atoms with E-state index in [-0.39, 0.29) is 5.76 Å². The van der Waals surface area contributed by atoms with E-state index in [1.54, 1.807) is 10.7 Å². The number of aldehydes is 1. The molecular weight excluding hydrogens is 368 g/mol. The zero-order valence-electron chi connectivity index (χ0n) is 16.0. The molecular formula is C22H20N4O3. The van der Waals surface area contributed by atoms with Gasteiger partial charge in [0.05, 0.1) is 24.6 Å². The van der Waals surface area contributed by atoms with Crippen molar-refractivity contribution in [1.82, 2.24) is 14.8 Å². The molecule has 4 aromatic rings. The van der Waals surface area contributed by atoms with Gasteiger partial charge in [0.25, 0.3) is 0 Å². The third kappa shape index (κ3) is 3.30. The minimum Gasteiger partial charge on any atom is -0.449 e. The van der Waals surface area contributed by atoms with Gasteiger partial charge >= 0.3 is 0 Å². The van der Waals surface area contributed by atoms with Crippen LogP contribution in [0.3, 0.4) is 0 Å². The third-order valence-electron chi connectivity index (χ3n) is 5.07. The maximum absolute atomic E-state index is 11.2. The number of morpholine rings is 1. The van der Waals surface area contributed by atoms with E-state index >= 15 is 0 Å². The molecule has 7 nitrogen and oxygen atoms in total. The highest BCUT2D eigenvalue weighted by atomic mass is 16.5. The van der Waals surface area contributed by atoms with Crippen molar-refractivity contribution < 1.29 is 13.9 Å². The summed E-state index contributed by atoms with van der Waals surface area (Å²) < 4.78 is 13.0. The van der Waals surface area contributed by atoms with E-state index in [0.717, 1.165) is 30.0 Å². The second kappa shape index (κ2) is 7.18. The number of carbonyl (C=O) groups is 1. The second-order valence-electron chi connectivity index (χ2n) is 7.10.